The molecule has 1 saturated heterocycles. The van der Waals surface area contributed by atoms with E-state index in [1.807, 2.05) is 0 Å². The van der Waals surface area contributed by atoms with Crippen molar-refractivity contribution < 1.29 is 9.90 Å². The maximum Gasteiger partial charge on any atom is 0.255 e. The second-order valence-corrected chi connectivity index (χ2v) is 9.32. The van der Waals surface area contributed by atoms with Crippen molar-refractivity contribution in [2.75, 3.05) is 0 Å². The number of carbonyl (C=O) groups is 1. The zero-order valence-electron chi connectivity index (χ0n) is 8.43. The van der Waals surface area contributed by atoms with E-state index in [4.69, 9.17) is 0 Å². The number of rotatable bonds is 0. The van der Waals surface area contributed by atoms with Crippen molar-refractivity contribution in [2.45, 2.75) is 38.2 Å². The van der Waals surface area contributed by atoms with Gasteiger partial charge in [-0.15, -0.1) is 5.54 Å². The first-order valence-electron chi connectivity index (χ1n) is 4.29. The van der Waals surface area contributed by atoms with Crippen molar-refractivity contribution in [3.8, 4) is 11.5 Å². The summed E-state index contributed by atoms with van der Waals surface area (Å²) in [6, 6.07) is -0.383. The largest absolute Gasteiger partial charge is 0.377 e. The first-order chi connectivity index (χ1) is 5.73. The van der Waals surface area contributed by atoms with Crippen molar-refractivity contribution in [1.82, 2.24) is 5.32 Å². The van der Waals surface area contributed by atoms with Crippen LogP contribution in [-0.2, 0) is 4.79 Å². The summed E-state index contributed by atoms with van der Waals surface area (Å²) in [5.41, 5.74) is 1.83. The Labute approximate surface area is 79.5 Å². The second kappa shape index (κ2) is 2.86. The van der Waals surface area contributed by atoms with Gasteiger partial charge in [0.05, 0.1) is 0 Å². The molecule has 0 aromatic rings. The van der Waals surface area contributed by atoms with Gasteiger partial charge in [0.15, 0.2) is 5.60 Å². The van der Waals surface area contributed by atoms with Gasteiger partial charge >= 0.3 is 0 Å². The van der Waals surface area contributed by atoms with E-state index in [1.165, 1.54) is 6.92 Å². The summed E-state index contributed by atoms with van der Waals surface area (Å²) in [4.78, 5) is 10.9. The lowest BCUT2D eigenvalue weighted by Gasteiger charge is -2.38. The molecule has 1 aliphatic heterocycles. The van der Waals surface area contributed by atoms with Crippen LogP contribution in [0.25, 0.3) is 0 Å². The van der Waals surface area contributed by atoms with Gasteiger partial charge in [0, 0.05) is 0 Å². The van der Waals surface area contributed by atoms with E-state index in [1.54, 1.807) is 0 Å². The van der Waals surface area contributed by atoms with Crippen LogP contribution in [0.3, 0.4) is 0 Å². The van der Waals surface area contributed by atoms with E-state index < -0.39 is 13.7 Å². The Balaban J connectivity index is 2.68. The number of amides is 1. The molecule has 4 heteroatoms. The van der Waals surface area contributed by atoms with Crippen molar-refractivity contribution >= 4 is 14.0 Å². The molecule has 72 valence electrons. The van der Waals surface area contributed by atoms with Crippen molar-refractivity contribution in [1.29, 1.82) is 0 Å². The van der Waals surface area contributed by atoms with E-state index in [0.717, 1.165) is 0 Å². The number of hydrogen-bond donors (Lipinski definition) is 2. The molecule has 0 saturated carbocycles. The van der Waals surface area contributed by atoms with Gasteiger partial charge in [-0.25, -0.2) is 0 Å². The molecule has 3 nitrogen and oxygen atoms in total. The minimum Gasteiger partial charge on any atom is -0.377 e. The van der Waals surface area contributed by atoms with Gasteiger partial charge < -0.3 is 10.4 Å². The quantitative estimate of drug-likeness (QED) is 0.329. The Morgan fingerprint density at radius 1 is 1.54 bits per heavy atom. The first kappa shape index (κ1) is 10.3. The smallest absolute Gasteiger partial charge is 0.255 e. The number of carbonyl (C=O) groups excluding carboxylic acids is 1. The van der Waals surface area contributed by atoms with E-state index in [2.05, 4.69) is 36.4 Å². The number of nitrogens with one attached hydrogen (secondary N) is 1. The molecule has 2 atom stereocenters. The van der Waals surface area contributed by atoms with Gasteiger partial charge in [-0.1, -0.05) is 25.6 Å². The van der Waals surface area contributed by atoms with Gasteiger partial charge in [-0.2, -0.15) is 0 Å². The van der Waals surface area contributed by atoms with Crippen molar-refractivity contribution in [3.05, 3.63) is 0 Å². The summed E-state index contributed by atoms with van der Waals surface area (Å²) in [6.45, 7) is 7.86. The maximum absolute atomic E-state index is 10.9. The molecule has 0 unspecified atom stereocenters. The monoisotopic (exact) mass is 197 g/mol. The zero-order chi connectivity index (χ0) is 10.3. The molecule has 0 spiro atoms. The van der Waals surface area contributed by atoms with Crippen LogP contribution >= 0.6 is 0 Å². The Morgan fingerprint density at radius 3 is 2.38 bits per heavy atom. The minimum atomic E-state index is -1.41. The third-order valence-electron chi connectivity index (χ3n) is 1.89. The maximum atomic E-state index is 10.9. The summed E-state index contributed by atoms with van der Waals surface area (Å²) < 4.78 is 0. The summed E-state index contributed by atoms with van der Waals surface area (Å²) in [5, 5.41) is 12.1. The van der Waals surface area contributed by atoms with Crippen LogP contribution < -0.4 is 5.32 Å². The van der Waals surface area contributed by atoms with Crippen LogP contribution in [0, 0.1) is 11.5 Å². The predicted molar refractivity (Wildman–Crippen MR) is 53.7 cm³/mol. The van der Waals surface area contributed by atoms with Crippen molar-refractivity contribution in [2.24, 2.45) is 0 Å². The van der Waals surface area contributed by atoms with Crippen LogP contribution in [0.4, 0.5) is 0 Å². The first-order valence-corrected chi connectivity index (χ1v) is 7.79. The summed E-state index contributed by atoms with van der Waals surface area (Å²) in [6.07, 6.45) is 0. The topological polar surface area (TPSA) is 49.3 Å². The Hall–Kier alpha value is -0.793. The molecular weight excluding hydrogens is 182 g/mol. The van der Waals surface area contributed by atoms with Gasteiger partial charge in [0.1, 0.15) is 14.1 Å². The lowest BCUT2D eigenvalue weighted by molar-refractivity contribution is -0.153. The average Bonchev–Trinajstić information content (AvgIpc) is 1.95. The number of β-lactam (4-membered cyclic amide) rings is 1. The summed E-state index contributed by atoms with van der Waals surface area (Å²) >= 11 is 0. The Bertz CT molecular complexity index is 293. The second-order valence-electron chi connectivity index (χ2n) is 4.57. The van der Waals surface area contributed by atoms with Crippen LogP contribution in [0.1, 0.15) is 6.92 Å². The average molecular weight is 197 g/mol. The van der Waals surface area contributed by atoms with E-state index >= 15 is 0 Å². The fourth-order valence-corrected chi connectivity index (χ4v) is 1.51. The van der Waals surface area contributed by atoms with E-state index in [-0.39, 0.29) is 11.9 Å². The summed E-state index contributed by atoms with van der Waals surface area (Å²) in [5.74, 6) is 2.58. The Morgan fingerprint density at radius 2 is 2.08 bits per heavy atom. The minimum absolute atomic E-state index is 0.331. The number of aliphatic hydroxyl groups is 1. The van der Waals surface area contributed by atoms with Crippen LogP contribution in [-0.4, -0.2) is 30.7 Å². The van der Waals surface area contributed by atoms with E-state index in [0.29, 0.717) is 0 Å². The lowest BCUT2D eigenvalue weighted by Crippen LogP contribution is -2.70. The third-order valence-corrected chi connectivity index (χ3v) is 2.78. The fourth-order valence-electron chi connectivity index (χ4n) is 0.936. The highest BCUT2D eigenvalue weighted by Gasteiger charge is 2.49. The molecule has 0 aromatic heterocycles. The highest BCUT2D eigenvalue weighted by molar-refractivity contribution is 6.83. The molecule has 13 heavy (non-hydrogen) atoms. The predicted octanol–water partition coefficient (Wildman–Crippen LogP) is 0.117. The molecule has 1 fully saturated rings. The van der Waals surface area contributed by atoms with Crippen LogP contribution in [0.2, 0.25) is 19.6 Å². The fraction of sp³-hybridized carbons (Fsp3) is 0.667. The molecule has 1 rings (SSSR count). The molecule has 0 aliphatic carbocycles. The van der Waals surface area contributed by atoms with Crippen molar-refractivity contribution in [3.63, 3.8) is 0 Å². The van der Waals surface area contributed by atoms with Gasteiger partial charge in [0.2, 0.25) is 0 Å². The van der Waals surface area contributed by atoms with Gasteiger partial charge in [-0.05, 0) is 6.92 Å². The molecule has 0 bridgehead atoms. The zero-order valence-corrected chi connectivity index (χ0v) is 9.43. The van der Waals surface area contributed by atoms with Gasteiger partial charge in [0.25, 0.3) is 5.91 Å². The molecule has 0 radical (unpaired) electrons. The van der Waals surface area contributed by atoms with Crippen LogP contribution in [0.15, 0.2) is 0 Å². The molecule has 1 heterocycles. The SMILES string of the molecule is C[C@]1(O)C(=O)N[C@@H]1C#C[Si](C)(C)C. The van der Waals surface area contributed by atoms with Gasteiger partial charge in [-0.3, -0.25) is 4.79 Å². The molecule has 2 N–H and O–H groups in total. The normalized spacial score (nSPS) is 32.7. The molecule has 1 aliphatic rings. The lowest BCUT2D eigenvalue weighted by atomic mass is 9.88. The molecular formula is C9H15NO2Si. The molecule has 0 aromatic carbocycles. The molecule has 1 amide bonds. The standard InChI is InChI=1S/C9H15NO2Si/c1-9(12)7(10-8(9)11)5-6-13(2,3)4/h7,12H,1-4H3,(H,10,11)/t7-,9-/m1/s1. The highest BCUT2D eigenvalue weighted by atomic mass is 28.3. The van der Waals surface area contributed by atoms with Crippen LogP contribution in [0.5, 0.6) is 0 Å². The number of hydrogen-bond acceptors (Lipinski definition) is 2. The summed E-state index contributed by atoms with van der Waals surface area (Å²) in [7, 11) is -1.41. The van der Waals surface area contributed by atoms with E-state index in [9.17, 15) is 9.90 Å². The highest BCUT2D eigenvalue weighted by Crippen LogP contribution is 2.19. The third kappa shape index (κ3) is 2.11. The Kier molecular flexibility index (Phi) is 2.26.